The van der Waals surface area contributed by atoms with Crippen LogP contribution in [0.5, 0.6) is 0 Å². The number of aliphatic hydroxyl groups excluding tert-OH is 1. The summed E-state index contributed by atoms with van der Waals surface area (Å²) >= 11 is 0. The Morgan fingerprint density at radius 3 is 2.60 bits per heavy atom. The molecule has 4 aliphatic rings. The van der Waals surface area contributed by atoms with Crippen molar-refractivity contribution >= 4 is 17.8 Å². The standard InChI is InChI=1S/C27H40N2O6/c1-4-6-10-15-28-16-12-14-27-20(23(31)29(19(3)18-30)22(27)24(28)32)21-25(33)34-17-11-8-7-9-13-26(21,5-2)35-27/h9,12-14,19-22,30H,4-8,10-11,15-18H2,1-3H3/b13-9-/t19-,20+,21+,22?,26-,27+/m1/s1. The fourth-order valence-corrected chi connectivity index (χ4v) is 6.34. The van der Waals surface area contributed by atoms with E-state index in [1.165, 1.54) is 4.90 Å². The van der Waals surface area contributed by atoms with E-state index < -0.39 is 41.1 Å². The van der Waals surface area contributed by atoms with Crippen LogP contribution in [0.15, 0.2) is 24.3 Å². The van der Waals surface area contributed by atoms with Gasteiger partial charge in [-0.25, -0.2) is 0 Å². The summed E-state index contributed by atoms with van der Waals surface area (Å²) in [6.07, 6.45) is 13.6. The van der Waals surface area contributed by atoms with Gasteiger partial charge >= 0.3 is 5.97 Å². The highest BCUT2D eigenvalue weighted by Gasteiger charge is 2.75. The largest absolute Gasteiger partial charge is 0.465 e. The van der Waals surface area contributed by atoms with Crippen molar-refractivity contribution < 1.29 is 29.0 Å². The summed E-state index contributed by atoms with van der Waals surface area (Å²) in [5.74, 6) is -2.72. The Labute approximate surface area is 208 Å². The van der Waals surface area contributed by atoms with E-state index in [4.69, 9.17) is 9.47 Å². The first-order valence-corrected chi connectivity index (χ1v) is 13.3. The van der Waals surface area contributed by atoms with Crippen LogP contribution in [0.1, 0.15) is 65.7 Å². The fraction of sp³-hybridized carbons (Fsp3) is 0.741. The molecule has 2 saturated heterocycles. The van der Waals surface area contributed by atoms with E-state index in [0.29, 0.717) is 26.1 Å². The number of cyclic esters (lactones) is 1. The lowest BCUT2D eigenvalue weighted by molar-refractivity contribution is -0.163. The first-order chi connectivity index (χ1) is 16.9. The minimum Gasteiger partial charge on any atom is -0.465 e. The maximum absolute atomic E-state index is 14.1. The number of amides is 2. The first-order valence-electron chi connectivity index (χ1n) is 13.3. The van der Waals surface area contributed by atoms with Gasteiger partial charge in [-0.3, -0.25) is 14.4 Å². The molecule has 8 nitrogen and oxygen atoms in total. The number of fused-ring (bicyclic) bond motifs is 2. The molecule has 0 aromatic carbocycles. The number of hydrogen-bond donors (Lipinski definition) is 1. The summed E-state index contributed by atoms with van der Waals surface area (Å²) in [7, 11) is 0. The van der Waals surface area contributed by atoms with Gasteiger partial charge in [0.15, 0.2) is 0 Å². The molecule has 0 bridgehead atoms. The molecule has 0 radical (unpaired) electrons. The number of allylic oxidation sites excluding steroid dienone is 1. The van der Waals surface area contributed by atoms with Crippen molar-refractivity contribution in [2.75, 3.05) is 26.3 Å². The topological polar surface area (TPSA) is 96.4 Å². The molecule has 4 aliphatic heterocycles. The van der Waals surface area contributed by atoms with Crippen LogP contribution < -0.4 is 0 Å². The van der Waals surface area contributed by atoms with E-state index in [9.17, 15) is 19.5 Å². The van der Waals surface area contributed by atoms with E-state index in [1.807, 2.05) is 31.2 Å². The lowest BCUT2D eigenvalue weighted by atomic mass is 9.73. The summed E-state index contributed by atoms with van der Waals surface area (Å²) in [5, 5.41) is 10.0. The van der Waals surface area contributed by atoms with Gasteiger partial charge in [-0.1, -0.05) is 51.0 Å². The van der Waals surface area contributed by atoms with Crippen molar-refractivity contribution in [3.8, 4) is 0 Å². The molecule has 35 heavy (non-hydrogen) atoms. The average molecular weight is 489 g/mol. The zero-order valence-corrected chi connectivity index (χ0v) is 21.3. The molecule has 0 saturated carbocycles. The molecule has 4 heterocycles. The number of hydrogen-bond acceptors (Lipinski definition) is 6. The Balaban J connectivity index is 1.84. The van der Waals surface area contributed by atoms with Crippen LogP contribution in [0.25, 0.3) is 0 Å². The van der Waals surface area contributed by atoms with E-state index in [1.54, 1.807) is 11.8 Å². The van der Waals surface area contributed by atoms with E-state index >= 15 is 0 Å². The van der Waals surface area contributed by atoms with Gasteiger partial charge in [0.05, 0.1) is 25.2 Å². The monoisotopic (exact) mass is 488 g/mol. The molecule has 1 unspecified atom stereocenters. The summed E-state index contributed by atoms with van der Waals surface area (Å²) in [4.78, 5) is 44.9. The van der Waals surface area contributed by atoms with Crippen LogP contribution in [-0.2, 0) is 23.9 Å². The Morgan fingerprint density at radius 2 is 1.89 bits per heavy atom. The molecule has 1 spiro atoms. The number of likely N-dealkylation sites (tertiary alicyclic amines) is 1. The molecule has 4 rings (SSSR count). The first kappa shape index (κ1) is 25.9. The van der Waals surface area contributed by atoms with Gasteiger partial charge in [0.1, 0.15) is 23.2 Å². The lowest BCUT2D eigenvalue weighted by Gasteiger charge is -2.40. The van der Waals surface area contributed by atoms with Gasteiger partial charge in [-0.05, 0) is 39.0 Å². The number of carbonyl (C=O) groups excluding carboxylic acids is 3. The predicted octanol–water partition coefficient (Wildman–Crippen LogP) is 2.60. The third-order valence-corrected chi connectivity index (χ3v) is 8.18. The Hall–Kier alpha value is -2.19. The minimum atomic E-state index is -1.30. The summed E-state index contributed by atoms with van der Waals surface area (Å²) in [5.41, 5.74) is -2.33. The molecule has 0 aliphatic carbocycles. The Morgan fingerprint density at radius 1 is 1.09 bits per heavy atom. The third-order valence-electron chi connectivity index (χ3n) is 8.18. The second kappa shape index (κ2) is 10.4. The van der Waals surface area contributed by atoms with Gasteiger partial charge in [-0.15, -0.1) is 0 Å². The zero-order valence-electron chi connectivity index (χ0n) is 21.3. The maximum atomic E-state index is 14.1. The van der Waals surface area contributed by atoms with Crippen molar-refractivity contribution in [3.63, 3.8) is 0 Å². The maximum Gasteiger partial charge on any atom is 0.313 e. The van der Waals surface area contributed by atoms with Crippen molar-refractivity contribution in [2.24, 2.45) is 11.8 Å². The summed E-state index contributed by atoms with van der Waals surface area (Å²) in [6, 6.07) is -1.53. The predicted molar refractivity (Wildman–Crippen MR) is 130 cm³/mol. The molecule has 2 amide bonds. The molecule has 0 aromatic rings. The highest BCUT2D eigenvalue weighted by atomic mass is 16.6. The van der Waals surface area contributed by atoms with Gasteiger partial charge < -0.3 is 24.4 Å². The molecular weight excluding hydrogens is 448 g/mol. The van der Waals surface area contributed by atoms with Crippen molar-refractivity contribution in [2.45, 2.75) is 89.0 Å². The average Bonchev–Trinajstić information content (AvgIpc) is 3.22. The fourth-order valence-electron chi connectivity index (χ4n) is 6.34. The van der Waals surface area contributed by atoms with Gasteiger partial charge in [0.25, 0.3) is 0 Å². The van der Waals surface area contributed by atoms with Gasteiger partial charge in [0, 0.05) is 13.1 Å². The van der Waals surface area contributed by atoms with Crippen LogP contribution in [-0.4, -0.2) is 82.3 Å². The Kier molecular flexibility index (Phi) is 7.71. The number of esters is 1. The highest BCUT2D eigenvalue weighted by molar-refractivity contribution is 5.99. The second-order valence-electron chi connectivity index (χ2n) is 10.4. The molecule has 8 heteroatoms. The molecule has 6 atom stereocenters. The highest BCUT2D eigenvalue weighted by Crippen LogP contribution is 2.58. The van der Waals surface area contributed by atoms with Crippen molar-refractivity contribution in [1.82, 2.24) is 9.80 Å². The molecule has 194 valence electrons. The van der Waals surface area contributed by atoms with Crippen molar-refractivity contribution in [1.29, 1.82) is 0 Å². The molecule has 2 fully saturated rings. The quantitative estimate of drug-likeness (QED) is 0.336. The number of unbranched alkanes of at least 4 members (excludes halogenated alkanes) is 2. The number of ether oxygens (including phenoxy) is 2. The normalized spacial score (nSPS) is 36.8. The van der Waals surface area contributed by atoms with Gasteiger partial charge in [-0.2, -0.15) is 0 Å². The molecular formula is C27H40N2O6. The third kappa shape index (κ3) is 4.22. The summed E-state index contributed by atoms with van der Waals surface area (Å²) in [6.45, 7) is 6.83. The second-order valence-corrected chi connectivity index (χ2v) is 10.4. The van der Waals surface area contributed by atoms with Crippen LogP contribution in [0.3, 0.4) is 0 Å². The smallest absolute Gasteiger partial charge is 0.313 e. The number of aliphatic hydroxyl groups is 1. The Bertz CT molecular complexity index is 887. The van der Waals surface area contributed by atoms with Crippen molar-refractivity contribution in [3.05, 3.63) is 24.3 Å². The van der Waals surface area contributed by atoms with Crippen LogP contribution in [0.2, 0.25) is 0 Å². The van der Waals surface area contributed by atoms with Gasteiger partial charge in [0.2, 0.25) is 11.8 Å². The molecule has 0 aromatic heterocycles. The summed E-state index contributed by atoms with van der Waals surface area (Å²) < 4.78 is 12.5. The number of carbonyl (C=O) groups is 3. The van der Waals surface area contributed by atoms with Crippen LogP contribution >= 0.6 is 0 Å². The minimum absolute atomic E-state index is 0.186. The zero-order chi connectivity index (χ0) is 25.2. The van der Waals surface area contributed by atoms with E-state index in [2.05, 4.69) is 6.92 Å². The van der Waals surface area contributed by atoms with E-state index in [0.717, 1.165) is 38.5 Å². The van der Waals surface area contributed by atoms with Crippen LogP contribution in [0.4, 0.5) is 0 Å². The van der Waals surface area contributed by atoms with E-state index in [-0.39, 0.29) is 18.4 Å². The lowest BCUT2D eigenvalue weighted by Crippen LogP contribution is -2.58. The SMILES string of the molecule is CCCCCN1CC=C[C@]23O[C@]4(CC)/C=C\CCCCOC(=O)[C@@H]4[C@H]2C(=O)N([C@H](C)CO)C3C1=O. The molecule has 1 N–H and O–H groups in total. The number of nitrogens with zero attached hydrogens (tertiary/aromatic N) is 2. The van der Waals surface area contributed by atoms with Crippen LogP contribution in [0, 0.1) is 11.8 Å². The number of rotatable bonds is 7.